The smallest absolute Gasteiger partial charge is 0.205 e. The number of hydrogen-bond acceptors (Lipinski definition) is 5. The lowest BCUT2D eigenvalue weighted by Crippen LogP contribution is -2.24. The van der Waals surface area contributed by atoms with Gasteiger partial charge < -0.3 is 10.4 Å². The molecule has 0 aliphatic heterocycles. The first-order chi connectivity index (χ1) is 6.53. The predicted molar refractivity (Wildman–Crippen MR) is 58.6 cm³/mol. The van der Waals surface area contributed by atoms with E-state index in [1.54, 1.807) is 11.3 Å². The Bertz CT molecular complexity index is 285. The molecule has 0 saturated carbocycles. The molecule has 0 fully saturated rings. The van der Waals surface area contributed by atoms with Crippen molar-refractivity contribution < 1.29 is 5.11 Å². The number of aliphatic hydroxyl groups is 1. The number of nitrogens with zero attached hydrogens (tertiary/aromatic N) is 2. The Balaban J connectivity index is 2.40. The lowest BCUT2D eigenvalue weighted by molar-refractivity contribution is 0.220. The average molecular weight is 215 g/mol. The van der Waals surface area contributed by atoms with Crippen molar-refractivity contribution in [1.82, 2.24) is 10.2 Å². The van der Waals surface area contributed by atoms with Gasteiger partial charge in [0, 0.05) is 13.2 Å². The van der Waals surface area contributed by atoms with Crippen LogP contribution in [-0.2, 0) is 0 Å². The Morgan fingerprint density at radius 2 is 2.14 bits per heavy atom. The molecule has 0 aliphatic carbocycles. The third-order valence-corrected chi connectivity index (χ3v) is 2.83. The second-order valence-electron chi connectivity index (χ2n) is 4.12. The SMILES string of the molecule is Cc1nnc(NCC(C)(C)CCO)s1. The summed E-state index contributed by atoms with van der Waals surface area (Å²) in [4.78, 5) is 0. The quantitative estimate of drug-likeness (QED) is 0.784. The second-order valence-corrected chi connectivity index (χ2v) is 5.30. The number of aromatic nitrogens is 2. The molecule has 80 valence electrons. The van der Waals surface area contributed by atoms with Crippen LogP contribution in [0.4, 0.5) is 5.13 Å². The van der Waals surface area contributed by atoms with Gasteiger partial charge in [-0.2, -0.15) is 0 Å². The number of rotatable bonds is 5. The van der Waals surface area contributed by atoms with E-state index >= 15 is 0 Å². The minimum Gasteiger partial charge on any atom is -0.396 e. The summed E-state index contributed by atoms with van der Waals surface area (Å²) in [6.07, 6.45) is 0.789. The summed E-state index contributed by atoms with van der Waals surface area (Å²) in [5.74, 6) is 0. The molecule has 14 heavy (non-hydrogen) atoms. The van der Waals surface area contributed by atoms with E-state index in [-0.39, 0.29) is 12.0 Å². The minimum absolute atomic E-state index is 0.0916. The number of anilines is 1. The van der Waals surface area contributed by atoms with Gasteiger partial charge in [0.2, 0.25) is 5.13 Å². The first-order valence-corrected chi connectivity index (χ1v) is 5.50. The third-order valence-electron chi connectivity index (χ3n) is 2.03. The number of aliphatic hydroxyl groups excluding tert-OH is 1. The van der Waals surface area contributed by atoms with E-state index in [0.29, 0.717) is 0 Å². The highest BCUT2D eigenvalue weighted by Crippen LogP contribution is 2.21. The van der Waals surface area contributed by atoms with Crippen molar-refractivity contribution in [2.24, 2.45) is 5.41 Å². The highest BCUT2D eigenvalue weighted by atomic mass is 32.1. The van der Waals surface area contributed by atoms with Crippen LogP contribution in [0.2, 0.25) is 0 Å². The molecule has 5 heteroatoms. The second kappa shape index (κ2) is 4.70. The van der Waals surface area contributed by atoms with Gasteiger partial charge in [0.25, 0.3) is 0 Å². The van der Waals surface area contributed by atoms with Gasteiger partial charge in [-0.3, -0.25) is 0 Å². The van der Waals surface area contributed by atoms with E-state index in [4.69, 9.17) is 5.11 Å². The molecular weight excluding hydrogens is 198 g/mol. The van der Waals surface area contributed by atoms with Crippen molar-refractivity contribution in [3.05, 3.63) is 5.01 Å². The van der Waals surface area contributed by atoms with Crippen LogP contribution in [0.25, 0.3) is 0 Å². The van der Waals surface area contributed by atoms with E-state index in [2.05, 4.69) is 29.4 Å². The fraction of sp³-hybridized carbons (Fsp3) is 0.778. The standard InChI is InChI=1S/C9H17N3OS/c1-7-11-12-8(14-7)10-6-9(2,3)4-5-13/h13H,4-6H2,1-3H3,(H,10,12). The maximum atomic E-state index is 8.85. The van der Waals surface area contributed by atoms with Gasteiger partial charge in [0.1, 0.15) is 5.01 Å². The topological polar surface area (TPSA) is 58.0 Å². The maximum Gasteiger partial charge on any atom is 0.205 e. The van der Waals surface area contributed by atoms with Crippen molar-refractivity contribution in [3.63, 3.8) is 0 Å². The zero-order chi connectivity index (χ0) is 10.6. The number of nitrogens with one attached hydrogen (secondary N) is 1. The molecule has 1 heterocycles. The fourth-order valence-corrected chi connectivity index (χ4v) is 1.66. The highest BCUT2D eigenvalue weighted by Gasteiger charge is 2.17. The molecule has 0 atom stereocenters. The molecular formula is C9H17N3OS. The van der Waals surface area contributed by atoms with E-state index < -0.39 is 0 Å². The maximum absolute atomic E-state index is 8.85. The molecule has 0 aromatic carbocycles. The summed E-state index contributed by atoms with van der Waals surface area (Å²) in [5, 5.41) is 21.8. The normalized spacial score (nSPS) is 11.7. The van der Waals surface area contributed by atoms with E-state index in [0.717, 1.165) is 23.1 Å². The molecule has 1 rings (SSSR count). The van der Waals surface area contributed by atoms with Gasteiger partial charge in [0.15, 0.2) is 0 Å². The van der Waals surface area contributed by atoms with Crippen LogP contribution in [0.15, 0.2) is 0 Å². The lowest BCUT2D eigenvalue weighted by atomic mass is 9.90. The first-order valence-electron chi connectivity index (χ1n) is 4.68. The van der Waals surface area contributed by atoms with Gasteiger partial charge in [-0.15, -0.1) is 10.2 Å². The Hall–Kier alpha value is -0.680. The van der Waals surface area contributed by atoms with Crippen LogP contribution in [0.5, 0.6) is 0 Å². The van der Waals surface area contributed by atoms with E-state index in [1.165, 1.54) is 0 Å². The zero-order valence-electron chi connectivity index (χ0n) is 8.87. The fourth-order valence-electron chi connectivity index (χ4n) is 1.07. The van der Waals surface area contributed by atoms with Crippen molar-refractivity contribution in [2.75, 3.05) is 18.5 Å². The Labute approximate surface area is 88.4 Å². The molecule has 1 aromatic rings. The van der Waals surface area contributed by atoms with Crippen LogP contribution < -0.4 is 5.32 Å². The molecule has 0 amide bonds. The molecule has 4 nitrogen and oxygen atoms in total. The molecule has 0 unspecified atom stereocenters. The molecule has 0 radical (unpaired) electrons. The van der Waals surface area contributed by atoms with Crippen molar-refractivity contribution >= 4 is 16.5 Å². The monoisotopic (exact) mass is 215 g/mol. The summed E-state index contributed by atoms with van der Waals surface area (Å²) in [5.41, 5.74) is 0.0916. The van der Waals surface area contributed by atoms with Crippen LogP contribution in [-0.4, -0.2) is 28.5 Å². The van der Waals surface area contributed by atoms with Crippen LogP contribution >= 0.6 is 11.3 Å². The van der Waals surface area contributed by atoms with Gasteiger partial charge in [-0.25, -0.2) is 0 Å². The highest BCUT2D eigenvalue weighted by molar-refractivity contribution is 7.15. The van der Waals surface area contributed by atoms with Crippen molar-refractivity contribution in [3.8, 4) is 0 Å². The molecule has 2 N–H and O–H groups in total. The molecule has 0 saturated heterocycles. The Kier molecular flexibility index (Phi) is 3.83. The number of aryl methyl sites for hydroxylation is 1. The number of hydrogen-bond donors (Lipinski definition) is 2. The summed E-state index contributed by atoms with van der Waals surface area (Å²) < 4.78 is 0. The van der Waals surface area contributed by atoms with E-state index in [9.17, 15) is 0 Å². The van der Waals surface area contributed by atoms with Gasteiger partial charge in [-0.05, 0) is 18.8 Å². The van der Waals surface area contributed by atoms with Crippen LogP contribution in [0.3, 0.4) is 0 Å². The molecule has 0 aliphatic rings. The summed E-state index contributed by atoms with van der Waals surface area (Å²) in [6.45, 7) is 7.20. The van der Waals surface area contributed by atoms with Gasteiger partial charge >= 0.3 is 0 Å². The largest absolute Gasteiger partial charge is 0.396 e. The van der Waals surface area contributed by atoms with E-state index in [1.807, 2.05) is 6.92 Å². The zero-order valence-corrected chi connectivity index (χ0v) is 9.69. The summed E-state index contributed by atoms with van der Waals surface area (Å²) in [6, 6.07) is 0. The molecule has 1 aromatic heterocycles. The third kappa shape index (κ3) is 3.59. The average Bonchev–Trinajstić information content (AvgIpc) is 2.48. The van der Waals surface area contributed by atoms with Crippen molar-refractivity contribution in [1.29, 1.82) is 0 Å². The molecule has 0 spiro atoms. The van der Waals surface area contributed by atoms with Crippen LogP contribution in [0, 0.1) is 12.3 Å². The molecule has 0 bridgehead atoms. The summed E-state index contributed by atoms with van der Waals surface area (Å²) >= 11 is 1.55. The predicted octanol–water partition coefficient (Wildman–Crippen LogP) is 1.67. The Morgan fingerprint density at radius 3 is 2.64 bits per heavy atom. The minimum atomic E-state index is 0.0916. The van der Waals surface area contributed by atoms with Gasteiger partial charge in [0.05, 0.1) is 0 Å². The lowest BCUT2D eigenvalue weighted by Gasteiger charge is -2.23. The van der Waals surface area contributed by atoms with Gasteiger partial charge in [-0.1, -0.05) is 25.2 Å². The first kappa shape index (κ1) is 11.4. The Morgan fingerprint density at radius 1 is 1.43 bits per heavy atom. The van der Waals surface area contributed by atoms with Crippen molar-refractivity contribution in [2.45, 2.75) is 27.2 Å². The van der Waals surface area contributed by atoms with Crippen LogP contribution in [0.1, 0.15) is 25.3 Å². The summed E-state index contributed by atoms with van der Waals surface area (Å²) in [7, 11) is 0.